The van der Waals surface area contributed by atoms with Crippen LogP contribution in [0.15, 0.2) is 41.1 Å². The standard InChI is InChI=1S/C16H20ClN3O2/c1-16(2)9-10-20(3)13(16)12(17)14(18)19-15(21)22-11-7-5-4-6-8-11/h4-8H,9-10H2,1-3H3,(H2,18,19,21)/b13-12+. The molecule has 1 aliphatic rings. The van der Waals surface area contributed by atoms with Crippen molar-refractivity contribution in [1.82, 2.24) is 10.2 Å². The van der Waals surface area contributed by atoms with Gasteiger partial charge in [0.15, 0.2) is 0 Å². The first-order valence-corrected chi connectivity index (χ1v) is 7.43. The summed E-state index contributed by atoms with van der Waals surface area (Å²) in [5.74, 6) is 0.259. The van der Waals surface area contributed by atoms with Gasteiger partial charge < -0.3 is 9.64 Å². The van der Waals surface area contributed by atoms with E-state index in [1.807, 2.05) is 18.0 Å². The Morgan fingerprint density at radius 3 is 2.55 bits per heavy atom. The molecule has 0 aliphatic carbocycles. The molecular weight excluding hydrogens is 302 g/mol. The summed E-state index contributed by atoms with van der Waals surface area (Å²) in [5, 5.41) is 10.6. The maximum atomic E-state index is 11.8. The van der Waals surface area contributed by atoms with Crippen molar-refractivity contribution in [2.75, 3.05) is 13.6 Å². The van der Waals surface area contributed by atoms with Gasteiger partial charge in [-0.15, -0.1) is 0 Å². The summed E-state index contributed by atoms with van der Waals surface area (Å²) in [6.45, 7) is 5.02. The highest BCUT2D eigenvalue weighted by molar-refractivity contribution is 6.43. The third-order valence-corrected chi connectivity index (χ3v) is 4.07. The van der Waals surface area contributed by atoms with Gasteiger partial charge in [-0.2, -0.15) is 0 Å². The summed E-state index contributed by atoms with van der Waals surface area (Å²) in [5.41, 5.74) is 0.738. The molecule has 1 amide bonds. The maximum Gasteiger partial charge on any atom is 0.418 e. The molecule has 1 fully saturated rings. The topological polar surface area (TPSA) is 65.4 Å². The second-order valence-corrected chi connectivity index (χ2v) is 6.30. The van der Waals surface area contributed by atoms with Crippen LogP contribution >= 0.6 is 11.6 Å². The van der Waals surface area contributed by atoms with Crippen LogP contribution < -0.4 is 10.1 Å². The van der Waals surface area contributed by atoms with Gasteiger partial charge in [-0.3, -0.25) is 10.7 Å². The zero-order chi connectivity index (χ0) is 16.3. The van der Waals surface area contributed by atoms with E-state index >= 15 is 0 Å². The number of benzene rings is 1. The maximum absolute atomic E-state index is 11.8. The minimum Gasteiger partial charge on any atom is -0.410 e. The summed E-state index contributed by atoms with van der Waals surface area (Å²) in [6.07, 6.45) is 0.227. The number of rotatable bonds is 2. The quantitative estimate of drug-likeness (QED) is 0.646. The lowest BCUT2D eigenvalue weighted by Gasteiger charge is -2.25. The fraction of sp³-hybridized carbons (Fsp3) is 0.375. The molecule has 1 aromatic rings. The van der Waals surface area contributed by atoms with Gasteiger partial charge in [0.2, 0.25) is 0 Å². The number of halogens is 1. The second-order valence-electron chi connectivity index (χ2n) is 5.92. The van der Waals surface area contributed by atoms with Crippen LogP contribution in [0, 0.1) is 10.8 Å². The van der Waals surface area contributed by atoms with Crippen molar-refractivity contribution < 1.29 is 9.53 Å². The zero-order valence-electron chi connectivity index (χ0n) is 12.9. The number of hydrogen-bond donors (Lipinski definition) is 2. The fourth-order valence-electron chi connectivity index (χ4n) is 2.56. The molecule has 1 aromatic carbocycles. The van der Waals surface area contributed by atoms with Crippen LogP contribution in [0.3, 0.4) is 0 Å². The third kappa shape index (κ3) is 3.60. The van der Waals surface area contributed by atoms with Gasteiger partial charge in [0.1, 0.15) is 16.6 Å². The van der Waals surface area contributed by atoms with Crippen LogP contribution in [0.1, 0.15) is 20.3 Å². The van der Waals surface area contributed by atoms with Crippen LogP contribution in [0.25, 0.3) is 0 Å². The smallest absolute Gasteiger partial charge is 0.410 e. The van der Waals surface area contributed by atoms with Crippen molar-refractivity contribution in [3.8, 4) is 5.75 Å². The Morgan fingerprint density at radius 1 is 1.36 bits per heavy atom. The molecule has 1 aliphatic heterocycles. The molecular formula is C16H20ClN3O2. The van der Waals surface area contributed by atoms with Crippen LogP contribution in [-0.2, 0) is 0 Å². The van der Waals surface area contributed by atoms with E-state index in [9.17, 15) is 4.79 Å². The summed E-state index contributed by atoms with van der Waals surface area (Å²) in [6, 6.07) is 8.68. The monoisotopic (exact) mass is 321 g/mol. The first-order valence-electron chi connectivity index (χ1n) is 7.05. The third-order valence-electron chi connectivity index (χ3n) is 3.70. The van der Waals surface area contributed by atoms with Gasteiger partial charge >= 0.3 is 6.09 Å². The van der Waals surface area contributed by atoms with E-state index in [2.05, 4.69) is 19.2 Å². The highest BCUT2D eigenvalue weighted by Gasteiger charge is 2.36. The fourth-order valence-corrected chi connectivity index (χ4v) is 3.00. The van der Waals surface area contributed by atoms with Crippen LogP contribution in [0.4, 0.5) is 4.79 Å². The van der Waals surface area contributed by atoms with E-state index in [4.69, 9.17) is 21.7 Å². The van der Waals surface area contributed by atoms with Gasteiger partial charge in [0, 0.05) is 24.7 Å². The number of nitrogens with zero attached hydrogens (tertiary/aromatic N) is 1. The summed E-state index contributed by atoms with van der Waals surface area (Å²) in [4.78, 5) is 13.8. The number of carbonyl (C=O) groups excluding carboxylic acids is 1. The molecule has 118 valence electrons. The van der Waals surface area contributed by atoms with Gasteiger partial charge in [-0.1, -0.05) is 43.6 Å². The predicted molar refractivity (Wildman–Crippen MR) is 87.2 cm³/mol. The van der Waals surface area contributed by atoms with Crippen molar-refractivity contribution >= 4 is 23.5 Å². The lowest BCUT2D eigenvalue weighted by Crippen LogP contribution is -2.34. The molecule has 0 spiro atoms. The van der Waals surface area contributed by atoms with E-state index in [1.165, 1.54) is 0 Å². The first kappa shape index (κ1) is 16.4. The molecule has 0 saturated carbocycles. The normalized spacial score (nSPS) is 18.8. The second kappa shape index (κ2) is 6.40. The predicted octanol–water partition coefficient (Wildman–Crippen LogP) is 3.56. The molecule has 0 unspecified atom stereocenters. The molecule has 0 aromatic heterocycles. The summed E-state index contributed by atoms with van der Waals surface area (Å²) < 4.78 is 5.09. The number of carbonyl (C=O) groups is 1. The highest BCUT2D eigenvalue weighted by atomic mass is 35.5. The number of nitrogens with one attached hydrogen (secondary N) is 2. The molecule has 0 atom stereocenters. The van der Waals surface area contributed by atoms with Gasteiger partial charge in [0.05, 0.1) is 0 Å². The molecule has 22 heavy (non-hydrogen) atoms. The largest absolute Gasteiger partial charge is 0.418 e. The number of ether oxygens (including phenoxy) is 1. The molecule has 0 bridgehead atoms. The SMILES string of the molecule is CN1CCC(C)(C)/C1=C(\Cl)C(=N)NC(=O)Oc1ccccc1. The van der Waals surface area contributed by atoms with Crippen LogP contribution in [-0.4, -0.2) is 30.4 Å². The van der Waals surface area contributed by atoms with E-state index in [1.54, 1.807) is 24.3 Å². The molecule has 1 heterocycles. The molecule has 2 N–H and O–H groups in total. The Labute approximate surface area is 135 Å². The van der Waals surface area contributed by atoms with Crippen molar-refractivity contribution in [2.24, 2.45) is 5.41 Å². The molecule has 0 radical (unpaired) electrons. The zero-order valence-corrected chi connectivity index (χ0v) is 13.7. The van der Waals surface area contributed by atoms with Crippen LogP contribution in [0.2, 0.25) is 0 Å². The number of amides is 1. The number of hydrogen-bond acceptors (Lipinski definition) is 4. The Hall–Kier alpha value is -2.01. The number of amidine groups is 1. The lowest BCUT2D eigenvalue weighted by atomic mass is 9.88. The minimum absolute atomic E-state index is 0.122. The summed E-state index contributed by atoms with van der Waals surface area (Å²) >= 11 is 6.31. The molecule has 6 heteroatoms. The average Bonchev–Trinajstić information content (AvgIpc) is 2.72. The van der Waals surface area contributed by atoms with Gasteiger partial charge in [-0.25, -0.2) is 4.79 Å². The van der Waals surface area contributed by atoms with E-state index in [-0.39, 0.29) is 16.3 Å². The molecule has 1 saturated heterocycles. The average molecular weight is 322 g/mol. The van der Waals surface area contributed by atoms with Gasteiger partial charge in [-0.05, 0) is 18.6 Å². The van der Waals surface area contributed by atoms with Gasteiger partial charge in [0.25, 0.3) is 0 Å². The van der Waals surface area contributed by atoms with E-state index in [0.29, 0.717) is 5.75 Å². The van der Waals surface area contributed by atoms with Crippen molar-refractivity contribution in [2.45, 2.75) is 20.3 Å². The Bertz CT molecular complexity index is 611. The Balaban J connectivity index is 2.07. The Morgan fingerprint density at radius 2 is 2.00 bits per heavy atom. The first-order chi connectivity index (χ1) is 10.3. The minimum atomic E-state index is -0.728. The van der Waals surface area contributed by atoms with Crippen molar-refractivity contribution in [1.29, 1.82) is 5.41 Å². The van der Waals surface area contributed by atoms with Crippen molar-refractivity contribution in [3.63, 3.8) is 0 Å². The molecule has 2 rings (SSSR count). The number of para-hydroxylation sites is 1. The van der Waals surface area contributed by atoms with E-state index < -0.39 is 6.09 Å². The van der Waals surface area contributed by atoms with Crippen molar-refractivity contribution in [3.05, 3.63) is 41.1 Å². The highest BCUT2D eigenvalue weighted by Crippen LogP contribution is 2.41. The number of allylic oxidation sites excluding steroid dienone is 1. The molecule has 5 nitrogen and oxygen atoms in total. The summed E-state index contributed by atoms with van der Waals surface area (Å²) in [7, 11) is 1.93. The van der Waals surface area contributed by atoms with Crippen LogP contribution in [0.5, 0.6) is 5.75 Å². The van der Waals surface area contributed by atoms with E-state index in [0.717, 1.165) is 18.7 Å². The lowest BCUT2D eigenvalue weighted by molar-refractivity contribution is 0.206. The Kier molecular flexibility index (Phi) is 4.76. The number of likely N-dealkylation sites (tertiary alicyclic amines) is 1.